The summed E-state index contributed by atoms with van der Waals surface area (Å²) in [7, 11) is 0. The number of amides is 2. The topological polar surface area (TPSA) is 114 Å². The smallest absolute Gasteiger partial charge is 0.411 e. The lowest BCUT2D eigenvalue weighted by Gasteiger charge is -2.15. The van der Waals surface area contributed by atoms with Crippen LogP contribution >= 0.6 is 15.9 Å². The number of benzene rings is 3. The average Bonchev–Trinajstić information content (AvgIpc) is 3.12. The van der Waals surface area contributed by atoms with E-state index in [0.717, 1.165) is 22.3 Å². The number of rotatable bonds is 7. The number of hydrogen-bond donors (Lipinski definition) is 3. The Morgan fingerprint density at radius 1 is 0.939 bits per heavy atom. The van der Waals surface area contributed by atoms with E-state index in [4.69, 9.17) is 9.84 Å². The van der Waals surface area contributed by atoms with Crippen LogP contribution in [0.25, 0.3) is 11.1 Å². The maximum Gasteiger partial charge on any atom is 0.411 e. The lowest BCUT2D eigenvalue weighted by atomic mass is 9.98. The number of carbonyl (C=O) groups excluding carboxylic acids is 2. The van der Waals surface area contributed by atoms with Crippen LogP contribution < -0.4 is 10.8 Å². The molecular weight excluding hydrogens is 492 g/mol. The Hall–Kier alpha value is -3.69. The highest BCUT2D eigenvalue weighted by Gasteiger charge is 2.29. The molecule has 3 N–H and O–H groups in total. The molecule has 0 aliphatic heterocycles. The molecule has 0 radical (unpaired) electrons. The van der Waals surface area contributed by atoms with Gasteiger partial charge in [0.05, 0.1) is 5.69 Å². The molecule has 33 heavy (non-hydrogen) atoms. The summed E-state index contributed by atoms with van der Waals surface area (Å²) < 4.78 is 6.07. The molecule has 2 amide bonds. The molecule has 4 rings (SSSR count). The van der Waals surface area contributed by atoms with Crippen molar-refractivity contribution in [1.29, 1.82) is 0 Å². The van der Waals surface area contributed by atoms with Crippen LogP contribution in [0.4, 0.5) is 10.5 Å². The number of halogens is 1. The molecule has 0 saturated heterocycles. The number of carboxylic acid groups (broad SMARTS) is 1. The first-order valence-electron chi connectivity index (χ1n) is 9.99. The van der Waals surface area contributed by atoms with Crippen LogP contribution in [0.1, 0.15) is 27.4 Å². The molecule has 0 atom stereocenters. The van der Waals surface area contributed by atoms with E-state index < -0.39 is 24.6 Å². The van der Waals surface area contributed by atoms with Crippen LogP contribution in [-0.4, -0.2) is 36.3 Å². The molecule has 0 unspecified atom stereocenters. The van der Waals surface area contributed by atoms with Crippen LogP contribution in [0.5, 0.6) is 0 Å². The third-order valence-electron chi connectivity index (χ3n) is 5.17. The maximum absolute atomic E-state index is 12.5. The molecule has 0 spiro atoms. The van der Waals surface area contributed by atoms with Crippen LogP contribution in [0.3, 0.4) is 0 Å². The first-order chi connectivity index (χ1) is 15.9. The highest BCUT2D eigenvalue weighted by Crippen LogP contribution is 2.44. The maximum atomic E-state index is 12.5. The zero-order valence-corrected chi connectivity index (χ0v) is 18.8. The van der Waals surface area contributed by atoms with Crippen LogP contribution in [0, 0.1) is 0 Å². The first-order valence-corrected chi connectivity index (χ1v) is 10.8. The number of carboxylic acids is 1. The van der Waals surface area contributed by atoms with E-state index in [1.165, 1.54) is 12.1 Å². The fraction of sp³-hybridized carbons (Fsp3) is 0.125. The van der Waals surface area contributed by atoms with Gasteiger partial charge in [0.2, 0.25) is 0 Å². The van der Waals surface area contributed by atoms with Gasteiger partial charge < -0.3 is 9.84 Å². The third kappa shape index (κ3) is 5.05. The summed E-state index contributed by atoms with van der Waals surface area (Å²) in [4.78, 5) is 39.7. The lowest BCUT2D eigenvalue weighted by Crippen LogP contribution is -2.26. The van der Waals surface area contributed by atoms with Crippen LogP contribution in [0.15, 0.2) is 71.2 Å². The molecule has 0 bridgehead atoms. The molecule has 1 aliphatic rings. The van der Waals surface area contributed by atoms with Crippen molar-refractivity contribution in [1.82, 2.24) is 5.48 Å². The zero-order valence-electron chi connectivity index (χ0n) is 17.2. The molecule has 9 heteroatoms. The zero-order chi connectivity index (χ0) is 23.4. The molecule has 3 aromatic rings. The van der Waals surface area contributed by atoms with Crippen LogP contribution in [-0.2, 0) is 14.4 Å². The number of ether oxygens (including phenoxy) is 1. The third-order valence-corrected chi connectivity index (χ3v) is 5.86. The molecule has 168 valence electrons. The van der Waals surface area contributed by atoms with Crippen molar-refractivity contribution >= 4 is 39.6 Å². The molecule has 0 heterocycles. The number of nitrogens with one attached hydrogen (secondary N) is 2. The Morgan fingerprint density at radius 2 is 1.58 bits per heavy atom. The second kappa shape index (κ2) is 9.85. The Morgan fingerprint density at radius 3 is 2.21 bits per heavy atom. The van der Waals surface area contributed by atoms with Gasteiger partial charge in [0.1, 0.15) is 6.61 Å². The lowest BCUT2D eigenvalue weighted by molar-refractivity contribution is -0.144. The minimum atomic E-state index is -1.22. The fourth-order valence-electron chi connectivity index (χ4n) is 3.73. The Balaban J connectivity index is 1.41. The Kier molecular flexibility index (Phi) is 6.71. The van der Waals surface area contributed by atoms with Crippen molar-refractivity contribution in [3.8, 4) is 11.1 Å². The summed E-state index contributed by atoms with van der Waals surface area (Å²) >= 11 is 3.33. The summed E-state index contributed by atoms with van der Waals surface area (Å²) in [5, 5.41) is 11.2. The van der Waals surface area contributed by atoms with E-state index in [9.17, 15) is 14.4 Å². The van der Waals surface area contributed by atoms with Gasteiger partial charge in [-0.3, -0.25) is 14.9 Å². The number of fused-ring (bicyclic) bond motifs is 3. The van der Waals surface area contributed by atoms with Crippen molar-refractivity contribution in [2.75, 3.05) is 18.5 Å². The Bertz CT molecular complexity index is 1180. The number of hydroxylamine groups is 1. The summed E-state index contributed by atoms with van der Waals surface area (Å²) in [5.41, 5.74) is 6.99. The van der Waals surface area contributed by atoms with E-state index in [1.54, 1.807) is 6.07 Å². The van der Waals surface area contributed by atoms with Crippen molar-refractivity contribution in [3.63, 3.8) is 0 Å². The second-order valence-electron chi connectivity index (χ2n) is 7.26. The quantitative estimate of drug-likeness (QED) is 0.401. The molecule has 0 fully saturated rings. The number of aliphatic carboxylic acids is 1. The minimum absolute atomic E-state index is 0.0740. The largest absolute Gasteiger partial charge is 0.479 e. The van der Waals surface area contributed by atoms with Gasteiger partial charge in [-0.1, -0.05) is 48.5 Å². The first kappa shape index (κ1) is 22.5. The van der Waals surface area contributed by atoms with Gasteiger partial charge in [0, 0.05) is 16.0 Å². The summed E-state index contributed by atoms with van der Waals surface area (Å²) in [6, 6.07) is 20.6. The average molecular weight is 511 g/mol. The van der Waals surface area contributed by atoms with Crippen molar-refractivity contribution < 1.29 is 29.1 Å². The van der Waals surface area contributed by atoms with Gasteiger partial charge in [0.25, 0.3) is 5.91 Å². The van der Waals surface area contributed by atoms with Gasteiger partial charge in [-0.15, -0.1) is 0 Å². The summed E-state index contributed by atoms with van der Waals surface area (Å²) in [6.07, 6.45) is -0.669. The second-order valence-corrected chi connectivity index (χ2v) is 8.11. The molecule has 3 aromatic carbocycles. The number of carbonyl (C=O) groups is 3. The van der Waals surface area contributed by atoms with Gasteiger partial charge in [-0.25, -0.2) is 15.1 Å². The highest BCUT2D eigenvalue weighted by molar-refractivity contribution is 9.10. The van der Waals surface area contributed by atoms with Gasteiger partial charge in [-0.2, -0.15) is 0 Å². The molecule has 0 saturated carbocycles. The standard InChI is InChI=1S/C24H19BrN2O6/c25-20-10-9-14(23(30)27-33-13-22(28)29)11-21(20)26-24(31)32-12-19-17-7-3-1-5-15(17)16-6-2-4-8-18(16)19/h1-11,19H,12-13H2,(H,26,31)(H,27,30)(H,28,29). The monoisotopic (exact) mass is 510 g/mol. The number of hydrogen-bond acceptors (Lipinski definition) is 5. The van der Waals surface area contributed by atoms with Gasteiger partial charge in [0.15, 0.2) is 6.61 Å². The van der Waals surface area contributed by atoms with Gasteiger partial charge in [-0.05, 0) is 56.4 Å². The van der Waals surface area contributed by atoms with E-state index in [0.29, 0.717) is 10.2 Å². The molecule has 0 aromatic heterocycles. The van der Waals surface area contributed by atoms with Crippen LogP contribution in [0.2, 0.25) is 0 Å². The predicted octanol–water partition coefficient (Wildman–Crippen LogP) is 4.56. The normalized spacial score (nSPS) is 11.9. The molecular formula is C24H19BrN2O6. The van der Waals surface area contributed by atoms with E-state index >= 15 is 0 Å². The predicted molar refractivity (Wildman–Crippen MR) is 124 cm³/mol. The van der Waals surface area contributed by atoms with E-state index in [1.807, 2.05) is 41.9 Å². The fourth-order valence-corrected chi connectivity index (χ4v) is 4.07. The highest BCUT2D eigenvalue weighted by atomic mass is 79.9. The van der Waals surface area contributed by atoms with Crippen molar-refractivity contribution in [3.05, 3.63) is 87.9 Å². The molecule has 1 aliphatic carbocycles. The molecule has 8 nitrogen and oxygen atoms in total. The number of anilines is 1. The van der Waals surface area contributed by atoms with Crippen molar-refractivity contribution in [2.24, 2.45) is 0 Å². The Labute approximate surface area is 197 Å². The summed E-state index contributed by atoms with van der Waals surface area (Å²) in [5.74, 6) is -1.95. The summed E-state index contributed by atoms with van der Waals surface area (Å²) in [6.45, 7) is -0.520. The minimum Gasteiger partial charge on any atom is -0.479 e. The SMILES string of the molecule is O=C(O)CONC(=O)c1ccc(Br)c(NC(=O)OCC2c3ccccc3-c3ccccc32)c1. The van der Waals surface area contributed by atoms with Gasteiger partial charge >= 0.3 is 12.1 Å². The van der Waals surface area contributed by atoms with E-state index in [2.05, 4.69) is 38.2 Å². The van der Waals surface area contributed by atoms with Crippen molar-refractivity contribution in [2.45, 2.75) is 5.92 Å². The van der Waals surface area contributed by atoms with E-state index in [-0.39, 0.29) is 18.1 Å².